The molecule has 0 bridgehead atoms. The minimum absolute atomic E-state index is 0.217. The van der Waals surface area contributed by atoms with Crippen LogP contribution in [0.1, 0.15) is 21.6 Å². The first kappa shape index (κ1) is 14.9. The Balaban J connectivity index is 1.67. The molecule has 1 aromatic heterocycles. The van der Waals surface area contributed by atoms with Crippen LogP contribution in [0, 0.1) is 11.3 Å². The predicted molar refractivity (Wildman–Crippen MR) is 89.9 cm³/mol. The fourth-order valence-electron chi connectivity index (χ4n) is 2.12. The molecule has 1 heterocycles. The van der Waals surface area contributed by atoms with E-state index in [-0.39, 0.29) is 5.91 Å². The lowest BCUT2D eigenvalue weighted by Gasteiger charge is -2.03. The normalized spacial score (nSPS) is 10.0. The van der Waals surface area contributed by atoms with E-state index in [1.165, 1.54) is 11.3 Å². The Morgan fingerprint density at radius 1 is 1.17 bits per heavy atom. The molecule has 3 aromatic rings. The summed E-state index contributed by atoms with van der Waals surface area (Å²) in [5.74, 6) is -0.217. The van der Waals surface area contributed by atoms with Crippen molar-refractivity contribution in [3.05, 3.63) is 76.8 Å². The molecular formula is C18H13N3OS. The molecule has 0 aliphatic heterocycles. The molecule has 0 aliphatic carbocycles. The van der Waals surface area contributed by atoms with Gasteiger partial charge in [-0.15, -0.1) is 11.3 Å². The molecule has 0 radical (unpaired) electrons. The highest BCUT2D eigenvalue weighted by Gasteiger charge is 2.11. The molecule has 0 spiro atoms. The second-order valence-corrected chi connectivity index (χ2v) is 5.76. The summed E-state index contributed by atoms with van der Waals surface area (Å²) in [5.41, 5.74) is 2.87. The number of amides is 1. The predicted octanol–water partition coefficient (Wildman–Crippen LogP) is 3.61. The number of carbonyl (C=O) groups is 1. The number of nitrogens with zero attached hydrogens (tertiary/aromatic N) is 2. The van der Waals surface area contributed by atoms with E-state index in [0.717, 1.165) is 16.1 Å². The van der Waals surface area contributed by atoms with Crippen LogP contribution in [0.2, 0.25) is 0 Å². The molecule has 0 unspecified atom stereocenters. The lowest BCUT2D eigenvalue weighted by molar-refractivity contribution is 0.0946. The highest BCUT2D eigenvalue weighted by atomic mass is 32.1. The van der Waals surface area contributed by atoms with Gasteiger partial charge in [-0.3, -0.25) is 4.79 Å². The number of thiazole rings is 1. The first-order valence-electron chi connectivity index (χ1n) is 7.04. The van der Waals surface area contributed by atoms with Crippen LogP contribution in [-0.4, -0.2) is 10.9 Å². The second kappa shape index (κ2) is 6.86. The summed E-state index contributed by atoms with van der Waals surface area (Å²) in [6.45, 7) is 0.368. The molecule has 0 aliphatic rings. The molecule has 0 fully saturated rings. The molecule has 3 rings (SSSR count). The molecule has 0 atom stereocenters. The van der Waals surface area contributed by atoms with Crippen LogP contribution >= 0.6 is 11.3 Å². The van der Waals surface area contributed by atoms with E-state index >= 15 is 0 Å². The number of carbonyl (C=O) groups excluding carboxylic acids is 1. The van der Waals surface area contributed by atoms with Crippen molar-refractivity contribution in [3.63, 3.8) is 0 Å². The number of benzene rings is 2. The van der Waals surface area contributed by atoms with Crippen LogP contribution in [0.25, 0.3) is 10.6 Å². The number of rotatable bonds is 4. The average molecular weight is 319 g/mol. The van der Waals surface area contributed by atoms with Crippen molar-refractivity contribution in [2.75, 3.05) is 0 Å². The first-order valence-corrected chi connectivity index (χ1v) is 7.92. The van der Waals surface area contributed by atoms with Gasteiger partial charge in [0.2, 0.25) is 0 Å². The average Bonchev–Trinajstić information content (AvgIpc) is 3.11. The molecule has 4 nitrogen and oxygen atoms in total. The van der Waals surface area contributed by atoms with Crippen LogP contribution in [0.15, 0.2) is 60.0 Å². The Hall–Kier alpha value is -2.97. The van der Waals surface area contributed by atoms with E-state index in [1.54, 1.807) is 23.6 Å². The third kappa shape index (κ3) is 3.62. The summed E-state index contributed by atoms with van der Waals surface area (Å²) in [4.78, 5) is 16.6. The van der Waals surface area contributed by atoms with Crippen LogP contribution < -0.4 is 5.32 Å². The van der Waals surface area contributed by atoms with Crippen molar-refractivity contribution in [1.82, 2.24) is 10.3 Å². The highest BCUT2D eigenvalue weighted by Crippen LogP contribution is 2.23. The van der Waals surface area contributed by atoms with E-state index in [2.05, 4.69) is 16.4 Å². The maximum absolute atomic E-state index is 12.2. The number of hydrogen-bond acceptors (Lipinski definition) is 4. The third-order valence-electron chi connectivity index (χ3n) is 3.27. The van der Waals surface area contributed by atoms with E-state index in [1.807, 2.05) is 36.4 Å². The Labute approximate surface area is 138 Å². The van der Waals surface area contributed by atoms with Gasteiger partial charge in [0.25, 0.3) is 5.91 Å². The third-order valence-corrected chi connectivity index (χ3v) is 4.16. The summed E-state index contributed by atoms with van der Waals surface area (Å²) in [5, 5.41) is 14.3. The molecule has 0 saturated carbocycles. The zero-order valence-corrected chi connectivity index (χ0v) is 13.0. The molecule has 2 aromatic carbocycles. The maximum Gasteiger partial charge on any atom is 0.271 e. The highest BCUT2D eigenvalue weighted by molar-refractivity contribution is 7.13. The number of nitrogens with one attached hydrogen (secondary N) is 1. The largest absolute Gasteiger partial charge is 0.347 e. The quantitative estimate of drug-likeness (QED) is 0.799. The number of nitriles is 1. The SMILES string of the molecule is N#Cc1cccc(CNC(=O)c2csc(-c3ccccc3)n2)c1. The minimum Gasteiger partial charge on any atom is -0.347 e. The molecule has 112 valence electrons. The topological polar surface area (TPSA) is 65.8 Å². The summed E-state index contributed by atoms with van der Waals surface area (Å²) in [6, 6.07) is 19.0. The second-order valence-electron chi connectivity index (χ2n) is 4.90. The van der Waals surface area contributed by atoms with Gasteiger partial charge >= 0.3 is 0 Å². The van der Waals surface area contributed by atoms with Gasteiger partial charge in [-0.05, 0) is 17.7 Å². The van der Waals surface area contributed by atoms with Crippen molar-refractivity contribution in [2.24, 2.45) is 0 Å². The molecular weight excluding hydrogens is 306 g/mol. The van der Waals surface area contributed by atoms with Crippen molar-refractivity contribution in [2.45, 2.75) is 6.54 Å². The summed E-state index contributed by atoms with van der Waals surface area (Å²) in [7, 11) is 0. The van der Waals surface area contributed by atoms with Crippen LogP contribution in [0.3, 0.4) is 0 Å². The van der Waals surface area contributed by atoms with Gasteiger partial charge in [0, 0.05) is 17.5 Å². The molecule has 23 heavy (non-hydrogen) atoms. The number of hydrogen-bond donors (Lipinski definition) is 1. The van der Waals surface area contributed by atoms with Crippen molar-refractivity contribution >= 4 is 17.2 Å². The summed E-state index contributed by atoms with van der Waals surface area (Å²) >= 11 is 1.44. The van der Waals surface area contributed by atoms with Gasteiger partial charge < -0.3 is 5.32 Å². The molecule has 5 heteroatoms. The molecule has 1 N–H and O–H groups in total. The zero-order chi connectivity index (χ0) is 16.1. The Bertz CT molecular complexity index is 865. The van der Waals surface area contributed by atoms with Crippen molar-refractivity contribution in [3.8, 4) is 16.6 Å². The lowest BCUT2D eigenvalue weighted by atomic mass is 10.1. The van der Waals surface area contributed by atoms with Crippen LogP contribution in [-0.2, 0) is 6.54 Å². The van der Waals surface area contributed by atoms with E-state index < -0.39 is 0 Å². The molecule has 1 amide bonds. The first-order chi connectivity index (χ1) is 11.3. The fourth-order valence-corrected chi connectivity index (χ4v) is 2.92. The maximum atomic E-state index is 12.2. The summed E-state index contributed by atoms with van der Waals surface area (Å²) in [6.07, 6.45) is 0. The van der Waals surface area contributed by atoms with Crippen LogP contribution in [0.4, 0.5) is 0 Å². The molecule has 0 saturated heterocycles. The van der Waals surface area contributed by atoms with Crippen LogP contribution in [0.5, 0.6) is 0 Å². The summed E-state index contributed by atoms with van der Waals surface area (Å²) < 4.78 is 0. The van der Waals surface area contributed by atoms with E-state index in [0.29, 0.717) is 17.8 Å². The van der Waals surface area contributed by atoms with Gasteiger partial charge in [-0.25, -0.2) is 4.98 Å². The van der Waals surface area contributed by atoms with E-state index in [9.17, 15) is 4.79 Å². The van der Waals surface area contributed by atoms with Gasteiger partial charge in [-0.2, -0.15) is 5.26 Å². The minimum atomic E-state index is -0.217. The Kier molecular flexibility index (Phi) is 4.46. The van der Waals surface area contributed by atoms with Crippen molar-refractivity contribution < 1.29 is 4.79 Å². The van der Waals surface area contributed by atoms with Gasteiger partial charge in [0.1, 0.15) is 10.7 Å². The Morgan fingerprint density at radius 2 is 2.00 bits per heavy atom. The standard InChI is InChI=1S/C18H13N3OS/c19-10-13-5-4-6-14(9-13)11-20-17(22)16-12-23-18(21-16)15-7-2-1-3-8-15/h1-9,12H,11H2,(H,20,22). The fraction of sp³-hybridized carbons (Fsp3) is 0.0556. The van der Waals surface area contributed by atoms with Gasteiger partial charge in [0.05, 0.1) is 11.6 Å². The monoisotopic (exact) mass is 319 g/mol. The Morgan fingerprint density at radius 3 is 2.78 bits per heavy atom. The van der Waals surface area contributed by atoms with Crippen molar-refractivity contribution in [1.29, 1.82) is 5.26 Å². The zero-order valence-electron chi connectivity index (χ0n) is 12.2. The smallest absolute Gasteiger partial charge is 0.271 e. The van der Waals surface area contributed by atoms with Gasteiger partial charge in [0.15, 0.2) is 0 Å². The van der Waals surface area contributed by atoms with E-state index in [4.69, 9.17) is 5.26 Å². The van der Waals surface area contributed by atoms with Gasteiger partial charge in [-0.1, -0.05) is 42.5 Å². The lowest BCUT2D eigenvalue weighted by Crippen LogP contribution is -2.23. The number of aromatic nitrogens is 1.